The molecule has 2 aliphatic rings. The minimum atomic E-state index is -3.87. The van der Waals surface area contributed by atoms with Crippen molar-refractivity contribution in [3.63, 3.8) is 0 Å². The van der Waals surface area contributed by atoms with E-state index in [4.69, 9.17) is 30.9 Å². The molecule has 2 aliphatic heterocycles. The lowest BCUT2D eigenvalue weighted by Gasteiger charge is -2.21. The first-order chi connectivity index (χ1) is 21.3. The van der Waals surface area contributed by atoms with Gasteiger partial charge in [0.05, 0.1) is 28.8 Å². The molecule has 1 N–H and O–H groups in total. The summed E-state index contributed by atoms with van der Waals surface area (Å²) in [6.07, 6.45) is 8.89. The number of fused-ring (bicyclic) bond motifs is 1. The van der Waals surface area contributed by atoms with Crippen LogP contribution in [0.5, 0.6) is 5.75 Å². The topological polar surface area (TPSA) is 109 Å². The SMILES string of the molecule is O=C1C(=Cc2ccc(OCCCCCCCCS(=O)(=O)O)c(Cl)c2)N=C2C(Cc3ccccc3)=NC(c3ccccc3)=CN12. The second-order valence-electron chi connectivity index (χ2n) is 10.7. The first-order valence-corrected chi connectivity index (χ1v) is 16.7. The number of amides is 1. The lowest BCUT2D eigenvalue weighted by atomic mass is 10.1. The van der Waals surface area contributed by atoms with Crippen LogP contribution in [0.25, 0.3) is 11.8 Å². The molecule has 0 spiro atoms. The van der Waals surface area contributed by atoms with Gasteiger partial charge in [0.25, 0.3) is 16.0 Å². The molecule has 0 atom stereocenters. The molecule has 0 aliphatic carbocycles. The number of rotatable bonds is 14. The summed E-state index contributed by atoms with van der Waals surface area (Å²) in [5.74, 6) is 0.672. The highest BCUT2D eigenvalue weighted by Gasteiger charge is 2.35. The zero-order valence-corrected chi connectivity index (χ0v) is 25.8. The van der Waals surface area contributed by atoms with Crippen molar-refractivity contribution in [2.75, 3.05) is 12.4 Å². The molecule has 0 saturated carbocycles. The predicted octanol–water partition coefficient (Wildman–Crippen LogP) is 7.22. The van der Waals surface area contributed by atoms with Gasteiger partial charge in [0.1, 0.15) is 11.4 Å². The quantitative estimate of drug-likeness (QED) is 0.115. The molecular formula is C34H34ClN3O5S. The molecule has 3 aromatic carbocycles. The van der Waals surface area contributed by atoms with E-state index in [-0.39, 0.29) is 11.7 Å². The number of carbonyl (C=O) groups is 1. The fourth-order valence-corrected chi connectivity index (χ4v) is 5.83. The van der Waals surface area contributed by atoms with Crippen LogP contribution < -0.4 is 4.74 Å². The lowest BCUT2D eigenvalue weighted by Crippen LogP contribution is -2.36. The van der Waals surface area contributed by atoms with Crippen LogP contribution in [0.2, 0.25) is 5.02 Å². The highest BCUT2D eigenvalue weighted by molar-refractivity contribution is 7.85. The molecule has 0 fully saturated rings. The van der Waals surface area contributed by atoms with E-state index in [1.807, 2.05) is 66.7 Å². The number of benzene rings is 3. The van der Waals surface area contributed by atoms with E-state index in [0.29, 0.717) is 53.2 Å². The van der Waals surface area contributed by atoms with E-state index in [1.165, 1.54) is 0 Å². The number of aliphatic imine (C=N–C) groups is 2. The Kier molecular flexibility index (Phi) is 10.4. The van der Waals surface area contributed by atoms with Gasteiger partial charge >= 0.3 is 0 Å². The fraction of sp³-hybridized carbons (Fsp3) is 0.265. The van der Waals surface area contributed by atoms with E-state index in [1.54, 1.807) is 29.3 Å². The Hall–Kier alpha value is -4.05. The number of unbranched alkanes of at least 4 members (excludes halogenated alkanes) is 5. The highest BCUT2D eigenvalue weighted by atomic mass is 35.5. The van der Waals surface area contributed by atoms with Gasteiger partial charge in [0.2, 0.25) is 0 Å². The maximum absolute atomic E-state index is 13.5. The molecule has 0 bridgehead atoms. The zero-order chi connectivity index (χ0) is 30.9. The Labute approximate surface area is 263 Å². The van der Waals surface area contributed by atoms with Gasteiger partial charge in [0.15, 0.2) is 5.84 Å². The van der Waals surface area contributed by atoms with Crippen molar-refractivity contribution >= 4 is 50.9 Å². The van der Waals surface area contributed by atoms with Crippen molar-refractivity contribution in [3.05, 3.63) is 112 Å². The number of nitrogens with zero attached hydrogens (tertiary/aromatic N) is 3. The van der Waals surface area contributed by atoms with E-state index >= 15 is 0 Å². The summed E-state index contributed by atoms with van der Waals surface area (Å²) < 4.78 is 36.2. The van der Waals surface area contributed by atoms with Crippen LogP contribution in [-0.2, 0) is 21.3 Å². The van der Waals surface area contributed by atoms with Crippen molar-refractivity contribution in [3.8, 4) is 5.75 Å². The Bertz CT molecular complexity index is 1720. The van der Waals surface area contributed by atoms with Gasteiger partial charge in [-0.3, -0.25) is 14.2 Å². The van der Waals surface area contributed by atoms with Crippen molar-refractivity contribution in [2.24, 2.45) is 9.98 Å². The van der Waals surface area contributed by atoms with E-state index in [0.717, 1.165) is 48.8 Å². The number of hydrogen-bond acceptors (Lipinski definition) is 6. The standard InChI is InChI=1S/C34H34ClN3O5S/c35-28-21-26(17-18-32(28)43-19-11-3-1-2-4-12-20-44(40,41)42)23-30-34(39)38-24-31(27-15-9-6-10-16-27)36-29(33(38)37-30)22-25-13-7-5-8-14-25/h5-10,13-18,21,23-24H,1-4,11-12,19-20,22H2,(H,40,41,42). The van der Waals surface area contributed by atoms with Crippen LogP contribution in [0.15, 0.2) is 101 Å². The normalized spacial score (nSPS) is 15.6. The van der Waals surface area contributed by atoms with Gasteiger partial charge in [-0.2, -0.15) is 8.42 Å². The van der Waals surface area contributed by atoms with Gasteiger partial charge in [-0.25, -0.2) is 9.98 Å². The summed E-state index contributed by atoms with van der Waals surface area (Å²) in [6, 6.07) is 25.2. The summed E-state index contributed by atoms with van der Waals surface area (Å²) in [6.45, 7) is 0.506. The Morgan fingerprint density at radius 3 is 2.25 bits per heavy atom. The second-order valence-corrected chi connectivity index (χ2v) is 12.7. The third-order valence-corrected chi connectivity index (χ3v) is 8.35. The second kappa shape index (κ2) is 14.6. The zero-order valence-electron chi connectivity index (χ0n) is 24.2. The molecule has 228 valence electrons. The van der Waals surface area contributed by atoms with Gasteiger partial charge in [-0.05, 0) is 42.2 Å². The first-order valence-electron chi connectivity index (χ1n) is 14.7. The van der Waals surface area contributed by atoms with Crippen molar-refractivity contribution < 1.29 is 22.5 Å². The fourth-order valence-electron chi connectivity index (χ4n) is 5.01. The van der Waals surface area contributed by atoms with E-state index in [2.05, 4.69) is 0 Å². The van der Waals surface area contributed by atoms with Gasteiger partial charge < -0.3 is 4.74 Å². The van der Waals surface area contributed by atoms with Gasteiger partial charge in [0, 0.05) is 18.2 Å². The van der Waals surface area contributed by atoms with Crippen molar-refractivity contribution in [2.45, 2.75) is 44.9 Å². The average molecular weight is 632 g/mol. The van der Waals surface area contributed by atoms with Gasteiger partial charge in [-0.1, -0.05) is 104 Å². The molecule has 2 heterocycles. The van der Waals surface area contributed by atoms with Crippen molar-refractivity contribution in [1.82, 2.24) is 4.90 Å². The van der Waals surface area contributed by atoms with Gasteiger partial charge in [-0.15, -0.1) is 0 Å². The smallest absolute Gasteiger partial charge is 0.282 e. The molecule has 1 amide bonds. The van der Waals surface area contributed by atoms with Crippen LogP contribution in [0.4, 0.5) is 0 Å². The molecule has 5 rings (SSSR count). The average Bonchev–Trinajstić information content (AvgIpc) is 3.32. The number of ether oxygens (including phenoxy) is 1. The Balaban J connectivity index is 1.23. The molecule has 10 heteroatoms. The molecular weight excluding hydrogens is 598 g/mol. The summed E-state index contributed by atoms with van der Waals surface area (Å²) in [4.78, 5) is 24.8. The maximum atomic E-state index is 13.5. The van der Waals surface area contributed by atoms with Crippen molar-refractivity contribution in [1.29, 1.82) is 0 Å². The van der Waals surface area contributed by atoms with Crippen LogP contribution in [0.1, 0.15) is 55.2 Å². The molecule has 0 radical (unpaired) electrons. The third kappa shape index (κ3) is 8.53. The molecule has 3 aromatic rings. The van der Waals surface area contributed by atoms with Crippen LogP contribution in [0, 0.1) is 0 Å². The summed E-state index contributed by atoms with van der Waals surface area (Å²) in [7, 11) is -3.87. The third-order valence-electron chi connectivity index (χ3n) is 7.25. The minimum Gasteiger partial charge on any atom is -0.492 e. The van der Waals surface area contributed by atoms with E-state index < -0.39 is 10.1 Å². The minimum absolute atomic E-state index is 0.184. The predicted molar refractivity (Wildman–Crippen MR) is 175 cm³/mol. The number of hydrogen-bond donors (Lipinski definition) is 1. The summed E-state index contributed by atoms with van der Waals surface area (Å²) >= 11 is 6.52. The van der Waals surface area contributed by atoms with Crippen LogP contribution in [-0.4, -0.2) is 47.7 Å². The Morgan fingerprint density at radius 1 is 0.864 bits per heavy atom. The van der Waals surface area contributed by atoms with Crippen LogP contribution >= 0.6 is 11.6 Å². The lowest BCUT2D eigenvalue weighted by molar-refractivity contribution is -0.120. The molecule has 0 aromatic heterocycles. The largest absolute Gasteiger partial charge is 0.492 e. The number of carbonyl (C=O) groups excluding carboxylic acids is 1. The maximum Gasteiger partial charge on any atom is 0.282 e. The molecule has 0 saturated heterocycles. The monoisotopic (exact) mass is 631 g/mol. The first kappa shape index (κ1) is 31.4. The number of halogens is 1. The highest BCUT2D eigenvalue weighted by Crippen LogP contribution is 2.31. The molecule has 8 nitrogen and oxygen atoms in total. The van der Waals surface area contributed by atoms with Crippen LogP contribution in [0.3, 0.4) is 0 Å². The molecule has 44 heavy (non-hydrogen) atoms. The summed E-state index contributed by atoms with van der Waals surface area (Å²) in [5, 5.41) is 0.443. The van der Waals surface area contributed by atoms with E-state index in [9.17, 15) is 13.2 Å². The Morgan fingerprint density at radius 2 is 1.55 bits per heavy atom. The summed E-state index contributed by atoms with van der Waals surface area (Å²) in [5.41, 5.74) is 4.44. The molecule has 0 unspecified atom stereocenters. The number of amidine groups is 1.